The van der Waals surface area contributed by atoms with E-state index < -0.39 is 5.97 Å². The average Bonchev–Trinajstić information content (AvgIpc) is 2.36. The fraction of sp³-hybridized carbons (Fsp3) is 0.429. The molecule has 19 heavy (non-hydrogen) atoms. The van der Waals surface area contributed by atoms with Crippen LogP contribution in [0.3, 0.4) is 0 Å². The number of nitrogens with zero attached hydrogens (tertiary/aromatic N) is 1. The van der Waals surface area contributed by atoms with Gasteiger partial charge in [-0.25, -0.2) is 4.79 Å². The second-order valence-corrected chi connectivity index (χ2v) is 4.62. The van der Waals surface area contributed by atoms with Crippen LogP contribution >= 0.6 is 0 Å². The lowest BCUT2D eigenvalue weighted by Gasteiger charge is -2.10. The lowest BCUT2D eigenvalue weighted by atomic mass is 10.1. The van der Waals surface area contributed by atoms with Crippen molar-refractivity contribution in [2.24, 2.45) is 0 Å². The number of rotatable bonds is 5. The van der Waals surface area contributed by atoms with Gasteiger partial charge in [-0.2, -0.15) is 0 Å². The Bertz CT molecular complexity index is 470. The Balaban J connectivity index is 2.44. The van der Waals surface area contributed by atoms with E-state index in [9.17, 15) is 9.59 Å². The zero-order chi connectivity index (χ0) is 14.4. The van der Waals surface area contributed by atoms with Crippen LogP contribution in [0.15, 0.2) is 18.2 Å². The number of nitrogens with two attached hydrogens (primary N) is 1. The van der Waals surface area contributed by atoms with E-state index in [-0.39, 0.29) is 12.5 Å². The van der Waals surface area contributed by atoms with E-state index in [4.69, 9.17) is 10.5 Å². The molecule has 0 radical (unpaired) electrons. The molecule has 0 fully saturated rings. The Morgan fingerprint density at radius 2 is 2.00 bits per heavy atom. The van der Waals surface area contributed by atoms with Crippen molar-refractivity contribution in [3.8, 4) is 0 Å². The molecule has 0 saturated heterocycles. The molecule has 1 aromatic rings. The van der Waals surface area contributed by atoms with Gasteiger partial charge in [-0.05, 0) is 25.5 Å². The first-order valence-corrected chi connectivity index (χ1v) is 6.15. The molecule has 1 aromatic carbocycles. The Hall–Kier alpha value is -2.04. The largest absolute Gasteiger partial charge is 0.462 e. The highest BCUT2D eigenvalue weighted by Crippen LogP contribution is 2.15. The number of carbonyl (C=O) groups is 2. The molecular formula is C14H20N2O3. The molecule has 0 saturated carbocycles. The highest BCUT2D eigenvalue weighted by molar-refractivity contribution is 5.95. The summed E-state index contributed by atoms with van der Waals surface area (Å²) >= 11 is 0. The van der Waals surface area contributed by atoms with Crippen molar-refractivity contribution in [2.75, 3.05) is 26.4 Å². The summed E-state index contributed by atoms with van der Waals surface area (Å²) in [7, 11) is 3.39. The molecule has 0 bridgehead atoms. The minimum atomic E-state index is -0.446. The first-order chi connectivity index (χ1) is 8.91. The second-order valence-electron chi connectivity index (χ2n) is 4.62. The third-order valence-corrected chi connectivity index (χ3v) is 2.70. The number of anilines is 1. The van der Waals surface area contributed by atoms with Crippen LogP contribution < -0.4 is 5.73 Å². The van der Waals surface area contributed by atoms with E-state index in [1.54, 1.807) is 26.2 Å². The summed E-state index contributed by atoms with van der Waals surface area (Å²) in [6.45, 7) is 2.10. The van der Waals surface area contributed by atoms with Crippen LogP contribution in [-0.4, -0.2) is 37.5 Å². The predicted octanol–water partition coefficient (Wildman–Crippen LogP) is 1.60. The van der Waals surface area contributed by atoms with Crippen LogP contribution in [0.1, 0.15) is 28.8 Å². The Kier molecular flexibility index (Phi) is 5.36. The van der Waals surface area contributed by atoms with Gasteiger partial charge in [0.15, 0.2) is 0 Å². The summed E-state index contributed by atoms with van der Waals surface area (Å²) in [5, 5.41) is 0. The van der Waals surface area contributed by atoms with Gasteiger partial charge in [-0.3, -0.25) is 4.79 Å². The van der Waals surface area contributed by atoms with Gasteiger partial charge in [0.1, 0.15) is 0 Å². The fourth-order valence-corrected chi connectivity index (χ4v) is 1.54. The van der Waals surface area contributed by atoms with Crippen molar-refractivity contribution >= 4 is 17.6 Å². The molecule has 0 atom stereocenters. The van der Waals surface area contributed by atoms with Crippen LogP contribution in [0.25, 0.3) is 0 Å². The second kappa shape index (κ2) is 6.78. The van der Waals surface area contributed by atoms with Crippen LogP contribution in [-0.2, 0) is 9.53 Å². The fourth-order valence-electron chi connectivity index (χ4n) is 1.54. The van der Waals surface area contributed by atoms with Crippen LogP contribution in [0, 0.1) is 6.92 Å². The summed E-state index contributed by atoms with van der Waals surface area (Å²) < 4.78 is 5.10. The van der Waals surface area contributed by atoms with Gasteiger partial charge in [0.05, 0.1) is 12.2 Å². The predicted molar refractivity (Wildman–Crippen MR) is 73.8 cm³/mol. The number of hydrogen-bond donors (Lipinski definition) is 1. The van der Waals surface area contributed by atoms with E-state index >= 15 is 0 Å². The number of aryl methyl sites for hydroxylation is 1. The number of hydrogen-bond acceptors (Lipinski definition) is 4. The third-order valence-electron chi connectivity index (χ3n) is 2.70. The van der Waals surface area contributed by atoms with Crippen molar-refractivity contribution in [1.82, 2.24) is 4.90 Å². The van der Waals surface area contributed by atoms with Crippen molar-refractivity contribution in [3.63, 3.8) is 0 Å². The number of nitrogen functional groups attached to an aromatic ring is 1. The molecular weight excluding hydrogens is 244 g/mol. The van der Waals surface area contributed by atoms with Crippen molar-refractivity contribution in [3.05, 3.63) is 29.3 Å². The maximum atomic E-state index is 11.8. The highest BCUT2D eigenvalue weighted by Gasteiger charge is 2.11. The summed E-state index contributed by atoms with van der Waals surface area (Å²) in [6, 6.07) is 5.21. The quantitative estimate of drug-likeness (QED) is 0.498. The van der Waals surface area contributed by atoms with E-state index in [0.29, 0.717) is 24.1 Å². The lowest BCUT2D eigenvalue weighted by molar-refractivity contribution is -0.128. The Morgan fingerprint density at radius 3 is 2.63 bits per heavy atom. The number of ether oxygens (including phenoxy) is 1. The lowest BCUT2D eigenvalue weighted by Crippen LogP contribution is -2.21. The van der Waals surface area contributed by atoms with Crippen molar-refractivity contribution in [1.29, 1.82) is 0 Å². The number of amides is 1. The summed E-state index contributed by atoms with van der Waals surface area (Å²) in [5.41, 5.74) is 7.45. The standard InChI is InChI=1S/C14H20N2O3/c1-10-6-7-12(15)11(9-10)14(18)19-8-4-5-13(17)16(2)3/h6-7,9H,4-5,8,15H2,1-3H3. The molecule has 0 unspecified atom stereocenters. The molecule has 5 heteroatoms. The molecule has 0 aliphatic heterocycles. The summed E-state index contributed by atoms with van der Waals surface area (Å²) in [4.78, 5) is 24.6. The molecule has 0 aromatic heterocycles. The molecule has 104 valence electrons. The van der Waals surface area contributed by atoms with E-state index in [1.807, 2.05) is 13.0 Å². The highest BCUT2D eigenvalue weighted by atomic mass is 16.5. The van der Waals surface area contributed by atoms with Gasteiger partial charge in [0.25, 0.3) is 0 Å². The molecule has 1 amide bonds. The first-order valence-electron chi connectivity index (χ1n) is 6.15. The zero-order valence-electron chi connectivity index (χ0n) is 11.6. The van der Waals surface area contributed by atoms with Crippen molar-refractivity contribution in [2.45, 2.75) is 19.8 Å². The first kappa shape index (κ1) is 15.0. The van der Waals surface area contributed by atoms with Crippen LogP contribution in [0.4, 0.5) is 5.69 Å². The Morgan fingerprint density at radius 1 is 1.32 bits per heavy atom. The topological polar surface area (TPSA) is 72.6 Å². The van der Waals surface area contributed by atoms with Gasteiger partial charge in [0.2, 0.25) is 5.91 Å². The number of esters is 1. The molecule has 0 aliphatic carbocycles. The maximum Gasteiger partial charge on any atom is 0.340 e. The number of benzene rings is 1. The SMILES string of the molecule is Cc1ccc(N)c(C(=O)OCCCC(=O)N(C)C)c1. The molecule has 1 rings (SSSR count). The monoisotopic (exact) mass is 264 g/mol. The Labute approximate surface area is 113 Å². The van der Waals surface area contributed by atoms with Gasteiger partial charge in [-0.1, -0.05) is 11.6 Å². The summed E-state index contributed by atoms with van der Waals surface area (Å²) in [5.74, 6) is -0.426. The minimum Gasteiger partial charge on any atom is -0.462 e. The molecule has 5 nitrogen and oxygen atoms in total. The maximum absolute atomic E-state index is 11.8. The van der Waals surface area contributed by atoms with Gasteiger partial charge >= 0.3 is 5.97 Å². The van der Waals surface area contributed by atoms with E-state index in [1.165, 1.54) is 4.90 Å². The normalized spacial score (nSPS) is 10.1. The van der Waals surface area contributed by atoms with Crippen molar-refractivity contribution < 1.29 is 14.3 Å². The van der Waals surface area contributed by atoms with Gasteiger partial charge < -0.3 is 15.4 Å². The van der Waals surface area contributed by atoms with Crippen LogP contribution in [0.5, 0.6) is 0 Å². The van der Waals surface area contributed by atoms with Gasteiger partial charge in [-0.15, -0.1) is 0 Å². The van der Waals surface area contributed by atoms with Gasteiger partial charge in [0, 0.05) is 26.2 Å². The molecule has 0 heterocycles. The molecule has 2 N–H and O–H groups in total. The van der Waals surface area contributed by atoms with E-state index in [0.717, 1.165) is 5.56 Å². The zero-order valence-corrected chi connectivity index (χ0v) is 11.6. The minimum absolute atomic E-state index is 0.0196. The molecule has 0 aliphatic rings. The number of carbonyl (C=O) groups excluding carboxylic acids is 2. The summed E-state index contributed by atoms with van der Waals surface area (Å²) in [6.07, 6.45) is 0.873. The molecule has 0 spiro atoms. The average molecular weight is 264 g/mol. The smallest absolute Gasteiger partial charge is 0.340 e. The van der Waals surface area contributed by atoms with Crippen LogP contribution in [0.2, 0.25) is 0 Å². The third kappa shape index (κ3) is 4.62. The van der Waals surface area contributed by atoms with E-state index in [2.05, 4.69) is 0 Å².